The van der Waals surface area contributed by atoms with E-state index in [0.717, 1.165) is 11.4 Å². The lowest BCUT2D eigenvalue weighted by Crippen LogP contribution is -2.13. The first-order chi connectivity index (χ1) is 8.79. The molecule has 0 unspecified atom stereocenters. The van der Waals surface area contributed by atoms with Crippen LogP contribution in [0.25, 0.3) is 5.69 Å². The van der Waals surface area contributed by atoms with E-state index in [1.807, 2.05) is 24.3 Å². The first kappa shape index (κ1) is 12.3. The second-order valence-corrected chi connectivity index (χ2v) is 3.83. The van der Waals surface area contributed by atoms with Crippen molar-refractivity contribution in [3.63, 3.8) is 0 Å². The molecule has 0 fully saturated rings. The second-order valence-electron chi connectivity index (χ2n) is 3.83. The van der Waals surface area contributed by atoms with E-state index < -0.39 is 0 Å². The fraction of sp³-hybridized carbons (Fsp3) is 0.250. The van der Waals surface area contributed by atoms with E-state index in [4.69, 9.17) is 5.73 Å². The minimum atomic E-state index is -0.0195. The molecule has 1 heterocycles. The van der Waals surface area contributed by atoms with Gasteiger partial charge >= 0.3 is 0 Å². The standard InChI is InChI=1S/C12H15N5O/c13-7-1-2-12(18)16-10-3-5-11(6-4-10)17-9-14-8-15-17/h3-6,8-9H,1-2,7,13H2,(H,16,18). The molecule has 3 N–H and O–H groups in total. The number of carbonyl (C=O) groups excluding carboxylic acids is 1. The molecule has 2 aromatic rings. The Morgan fingerprint density at radius 3 is 2.72 bits per heavy atom. The summed E-state index contributed by atoms with van der Waals surface area (Å²) in [6.45, 7) is 0.526. The van der Waals surface area contributed by atoms with Crippen molar-refractivity contribution in [1.29, 1.82) is 0 Å². The second kappa shape index (κ2) is 5.92. The first-order valence-electron chi connectivity index (χ1n) is 5.74. The molecular formula is C12H15N5O. The minimum Gasteiger partial charge on any atom is -0.330 e. The van der Waals surface area contributed by atoms with Gasteiger partial charge in [-0.15, -0.1) is 0 Å². The van der Waals surface area contributed by atoms with Crippen LogP contribution in [0.4, 0.5) is 5.69 Å². The van der Waals surface area contributed by atoms with Crippen LogP contribution in [-0.2, 0) is 4.79 Å². The maximum atomic E-state index is 11.5. The monoisotopic (exact) mass is 245 g/mol. The van der Waals surface area contributed by atoms with Crippen LogP contribution >= 0.6 is 0 Å². The van der Waals surface area contributed by atoms with Crippen molar-refractivity contribution in [3.05, 3.63) is 36.9 Å². The zero-order valence-electron chi connectivity index (χ0n) is 9.91. The predicted octanol–water partition coefficient (Wildman–Crippen LogP) is 0.945. The Morgan fingerprint density at radius 2 is 2.11 bits per heavy atom. The smallest absolute Gasteiger partial charge is 0.224 e. The number of carbonyl (C=O) groups is 1. The summed E-state index contributed by atoms with van der Waals surface area (Å²) in [7, 11) is 0. The molecule has 0 aliphatic carbocycles. The average Bonchev–Trinajstić information content (AvgIpc) is 2.91. The molecule has 6 heteroatoms. The van der Waals surface area contributed by atoms with Crippen molar-refractivity contribution in [3.8, 4) is 5.69 Å². The van der Waals surface area contributed by atoms with Gasteiger partial charge in [0.05, 0.1) is 5.69 Å². The first-order valence-corrected chi connectivity index (χ1v) is 5.74. The average molecular weight is 245 g/mol. The summed E-state index contributed by atoms with van der Waals surface area (Å²) in [4.78, 5) is 15.4. The molecule has 0 radical (unpaired) electrons. The molecule has 94 valence electrons. The molecule has 0 atom stereocenters. The van der Waals surface area contributed by atoms with Gasteiger partial charge in [0, 0.05) is 12.1 Å². The van der Waals surface area contributed by atoms with Crippen molar-refractivity contribution >= 4 is 11.6 Å². The molecule has 0 spiro atoms. The van der Waals surface area contributed by atoms with Gasteiger partial charge in [-0.25, -0.2) is 9.67 Å². The molecule has 0 aliphatic rings. The fourth-order valence-electron chi connectivity index (χ4n) is 1.53. The van der Waals surface area contributed by atoms with E-state index in [1.165, 1.54) is 6.33 Å². The van der Waals surface area contributed by atoms with E-state index in [1.54, 1.807) is 11.0 Å². The number of hydrogen-bond donors (Lipinski definition) is 2. The van der Waals surface area contributed by atoms with Crippen molar-refractivity contribution < 1.29 is 4.79 Å². The van der Waals surface area contributed by atoms with Crippen molar-refractivity contribution in [2.24, 2.45) is 5.73 Å². The molecule has 1 amide bonds. The lowest BCUT2D eigenvalue weighted by molar-refractivity contribution is -0.116. The number of rotatable bonds is 5. The summed E-state index contributed by atoms with van der Waals surface area (Å²) >= 11 is 0. The number of benzene rings is 1. The molecule has 1 aromatic carbocycles. The van der Waals surface area contributed by atoms with Crippen LogP contribution in [0.15, 0.2) is 36.9 Å². The van der Waals surface area contributed by atoms with Gasteiger partial charge in [-0.2, -0.15) is 5.10 Å². The molecular weight excluding hydrogens is 230 g/mol. The number of amides is 1. The van der Waals surface area contributed by atoms with Gasteiger partial charge in [0.25, 0.3) is 0 Å². The van der Waals surface area contributed by atoms with Crippen LogP contribution in [0, 0.1) is 0 Å². The maximum absolute atomic E-state index is 11.5. The van der Waals surface area contributed by atoms with E-state index in [0.29, 0.717) is 19.4 Å². The largest absolute Gasteiger partial charge is 0.330 e. The highest BCUT2D eigenvalue weighted by molar-refractivity contribution is 5.90. The Hall–Kier alpha value is -2.21. The zero-order chi connectivity index (χ0) is 12.8. The molecule has 2 rings (SSSR count). The van der Waals surface area contributed by atoms with Gasteiger partial charge in [-0.05, 0) is 37.2 Å². The van der Waals surface area contributed by atoms with Gasteiger partial charge in [0.15, 0.2) is 0 Å². The van der Waals surface area contributed by atoms with E-state index in [2.05, 4.69) is 15.4 Å². The Balaban J connectivity index is 1.98. The van der Waals surface area contributed by atoms with Crippen LogP contribution in [0.3, 0.4) is 0 Å². The molecule has 0 saturated heterocycles. The minimum absolute atomic E-state index is 0.0195. The normalized spacial score (nSPS) is 10.3. The van der Waals surface area contributed by atoms with E-state index in [-0.39, 0.29) is 5.91 Å². The molecule has 6 nitrogen and oxygen atoms in total. The number of nitrogens with one attached hydrogen (secondary N) is 1. The number of aromatic nitrogens is 3. The van der Waals surface area contributed by atoms with Gasteiger partial charge in [-0.1, -0.05) is 0 Å². The number of nitrogens with zero attached hydrogens (tertiary/aromatic N) is 3. The summed E-state index contributed by atoms with van der Waals surface area (Å²) in [5, 5.41) is 6.83. The third kappa shape index (κ3) is 3.14. The van der Waals surface area contributed by atoms with Crippen LogP contribution in [0.5, 0.6) is 0 Å². The Kier molecular flexibility index (Phi) is 4.03. The fourth-order valence-corrected chi connectivity index (χ4v) is 1.53. The predicted molar refractivity (Wildman–Crippen MR) is 68.3 cm³/mol. The van der Waals surface area contributed by atoms with Crippen LogP contribution in [-0.4, -0.2) is 27.2 Å². The van der Waals surface area contributed by atoms with Crippen LogP contribution < -0.4 is 11.1 Å². The summed E-state index contributed by atoms with van der Waals surface area (Å²) < 4.78 is 1.65. The Bertz CT molecular complexity index is 492. The molecule has 0 bridgehead atoms. The van der Waals surface area contributed by atoms with Gasteiger partial charge in [0.1, 0.15) is 12.7 Å². The lowest BCUT2D eigenvalue weighted by atomic mass is 10.2. The zero-order valence-corrected chi connectivity index (χ0v) is 9.91. The topological polar surface area (TPSA) is 85.8 Å². The summed E-state index contributed by atoms with van der Waals surface area (Å²) in [6.07, 6.45) is 4.24. The van der Waals surface area contributed by atoms with Gasteiger partial charge in [0.2, 0.25) is 5.91 Å². The molecule has 1 aromatic heterocycles. The summed E-state index contributed by atoms with van der Waals surface area (Å²) in [6, 6.07) is 7.40. The maximum Gasteiger partial charge on any atom is 0.224 e. The highest BCUT2D eigenvalue weighted by atomic mass is 16.1. The van der Waals surface area contributed by atoms with Crippen molar-refractivity contribution in [1.82, 2.24) is 14.8 Å². The molecule has 18 heavy (non-hydrogen) atoms. The summed E-state index contributed by atoms with van der Waals surface area (Å²) in [5.41, 5.74) is 7.01. The summed E-state index contributed by atoms with van der Waals surface area (Å²) in [5.74, 6) is -0.0195. The van der Waals surface area contributed by atoms with Gasteiger partial charge < -0.3 is 11.1 Å². The van der Waals surface area contributed by atoms with Crippen molar-refractivity contribution in [2.45, 2.75) is 12.8 Å². The molecule has 0 saturated carbocycles. The van der Waals surface area contributed by atoms with Crippen molar-refractivity contribution in [2.75, 3.05) is 11.9 Å². The van der Waals surface area contributed by atoms with E-state index in [9.17, 15) is 4.79 Å². The highest BCUT2D eigenvalue weighted by Gasteiger charge is 2.02. The Morgan fingerprint density at radius 1 is 1.33 bits per heavy atom. The molecule has 0 aliphatic heterocycles. The third-order valence-electron chi connectivity index (χ3n) is 2.44. The third-order valence-corrected chi connectivity index (χ3v) is 2.44. The number of nitrogens with two attached hydrogens (primary N) is 1. The van der Waals surface area contributed by atoms with E-state index >= 15 is 0 Å². The van der Waals surface area contributed by atoms with Crippen LogP contribution in [0.1, 0.15) is 12.8 Å². The number of anilines is 1. The van der Waals surface area contributed by atoms with Gasteiger partial charge in [-0.3, -0.25) is 4.79 Å². The van der Waals surface area contributed by atoms with Crippen LogP contribution in [0.2, 0.25) is 0 Å². The quantitative estimate of drug-likeness (QED) is 0.821. The number of hydrogen-bond acceptors (Lipinski definition) is 4. The highest BCUT2D eigenvalue weighted by Crippen LogP contribution is 2.12. The Labute approximate surface area is 105 Å². The lowest BCUT2D eigenvalue weighted by Gasteiger charge is -2.06. The SMILES string of the molecule is NCCCC(=O)Nc1ccc(-n2cncn2)cc1.